The van der Waals surface area contributed by atoms with Crippen molar-refractivity contribution >= 4 is 0 Å². The number of nitrogens with one attached hydrogen (secondary N) is 1. The summed E-state index contributed by atoms with van der Waals surface area (Å²) in [6.45, 7) is 7.85. The van der Waals surface area contributed by atoms with Crippen molar-refractivity contribution in [1.29, 1.82) is 0 Å². The Bertz CT molecular complexity index is 378. The average Bonchev–Trinajstić information content (AvgIpc) is 2.54. The Morgan fingerprint density at radius 1 is 1.14 bits per heavy atom. The summed E-state index contributed by atoms with van der Waals surface area (Å²) in [5, 5.41) is 3.32. The molecule has 1 heterocycles. The van der Waals surface area contributed by atoms with Crippen molar-refractivity contribution in [1.82, 2.24) is 10.2 Å². The van der Waals surface area contributed by atoms with Gasteiger partial charge >= 0.3 is 0 Å². The molecule has 0 spiro atoms. The summed E-state index contributed by atoms with van der Waals surface area (Å²) < 4.78 is 16.1. The van der Waals surface area contributed by atoms with E-state index >= 15 is 0 Å². The molecule has 0 aromatic heterocycles. The highest BCUT2D eigenvalue weighted by molar-refractivity contribution is 5.27. The van der Waals surface area contributed by atoms with Crippen LogP contribution in [-0.4, -0.2) is 64.6 Å². The van der Waals surface area contributed by atoms with Crippen LogP contribution in [-0.2, 0) is 16.0 Å². The summed E-state index contributed by atoms with van der Waals surface area (Å²) in [5.74, 6) is 0.934. The van der Waals surface area contributed by atoms with E-state index in [1.165, 1.54) is 5.56 Å². The lowest BCUT2D eigenvalue weighted by atomic mass is 10.2. The Morgan fingerprint density at radius 2 is 1.90 bits per heavy atom. The molecular weight excluding hydrogens is 268 g/mol. The smallest absolute Gasteiger partial charge is 0.119 e. The number of benzene rings is 1. The van der Waals surface area contributed by atoms with Gasteiger partial charge < -0.3 is 19.5 Å². The maximum atomic E-state index is 5.78. The number of hydrogen-bond donors (Lipinski definition) is 1. The van der Waals surface area contributed by atoms with Crippen LogP contribution in [0.2, 0.25) is 0 Å². The highest BCUT2D eigenvalue weighted by Gasteiger charge is 2.09. The second-order valence-corrected chi connectivity index (χ2v) is 5.12. The first-order valence-corrected chi connectivity index (χ1v) is 7.60. The lowest BCUT2D eigenvalue weighted by molar-refractivity contribution is 0.0322. The van der Waals surface area contributed by atoms with Crippen molar-refractivity contribution in [2.24, 2.45) is 0 Å². The van der Waals surface area contributed by atoms with Crippen LogP contribution < -0.4 is 10.1 Å². The Balaban J connectivity index is 1.62. The number of ether oxygens (including phenoxy) is 3. The summed E-state index contributed by atoms with van der Waals surface area (Å²) in [5.41, 5.74) is 1.26. The highest BCUT2D eigenvalue weighted by atomic mass is 16.5. The molecule has 0 aliphatic carbocycles. The SMILES string of the molecule is COCCNCc1ccc(OCCN2CCOCC2)cc1. The number of hydrogen-bond acceptors (Lipinski definition) is 5. The van der Waals surface area contributed by atoms with Crippen molar-refractivity contribution < 1.29 is 14.2 Å². The van der Waals surface area contributed by atoms with Crippen molar-refractivity contribution in [2.75, 3.05) is 59.7 Å². The fourth-order valence-corrected chi connectivity index (χ4v) is 2.23. The van der Waals surface area contributed by atoms with Crippen LogP contribution in [0.25, 0.3) is 0 Å². The molecule has 2 rings (SSSR count). The summed E-state index contributed by atoms with van der Waals surface area (Å²) in [4.78, 5) is 2.37. The van der Waals surface area contributed by atoms with Crippen LogP contribution in [0.1, 0.15) is 5.56 Å². The maximum absolute atomic E-state index is 5.78. The zero-order valence-electron chi connectivity index (χ0n) is 12.8. The molecule has 0 bridgehead atoms. The van der Waals surface area contributed by atoms with E-state index in [0.29, 0.717) is 0 Å². The van der Waals surface area contributed by atoms with Gasteiger partial charge in [0, 0.05) is 39.8 Å². The first kappa shape index (κ1) is 16.2. The molecule has 1 aromatic carbocycles. The predicted molar refractivity (Wildman–Crippen MR) is 82.8 cm³/mol. The molecule has 21 heavy (non-hydrogen) atoms. The number of nitrogens with zero attached hydrogens (tertiary/aromatic N) is 1. The lowest BCUT2D eigenvalue weighted by Gasteiger charge is -2.26. The van der Waals surface area contributed by atoms with Crippen LogP contribution in [0, 0.1) is 0 Å². The fraction of sp³-hybridized carbons (Fsp3) is 0.625. The minimum absolute atomic E-state index is 0.728. The third-order valence-electron chi connectivity index (χ3n) is 3.52. The van der Waals surface area contributed by atoms with Gasteiger partial charge in [0.15, 0.2) is 0 Å². The van der Waals surface area contributed by atoms with E-state index in [2.05, 4.69) is 22.3 Å². The Hall–Kier alpha value is -1.14. The topological polar surface area (TPSA) is 43.0 Å². The molecule has 0 atom stereocenters. The summed E-state index contributed by atoms with van der Waals surface area (Å²) >= 11 is 0. The molecule has 0 radical (unpaired) electrons. The Morgan fingerprint density at radius 3 is 2.62 bits per heavy atom. The summed E-state index contributed by atoms with van der Waals surface area (Å²) in [6.07, 6.45) is 0. The second kappa shape index (κ2) is 9.73. The van der Waals surface area contributed by atoms with Crippen LogP contribution in [0.5, 0.6) is 5.75 Å². The monoisotopic (exact) mass is 294 g/mol. The van der Waals surface area contributed by atoms with Crippen molar-refractivity contribution in [3.8, 4) is 5.75 Å². The van der Waals surface area contributed by atoms with Crippen molar-refractivity contribution in [3.63, 3.8) is 0 Å². The molecule has 1 saturated heterocycles. The van der Waals surface area contributed by atoms with E-state index in [0.717, 1.165) is 64.9 Å². The van der Waals surface area contributed by atoms with Crippen LogP contribution >= 0.6 is 0 Å². The van der Waals surface area contributed by atoms with Gasteiger partial charge in [-0.1, -0.05) is 12.1 Å². The fourth-order valence-electron chi connectivity index (χ4n) is 2.23. The van der Waals surface area contributed by atoms with E-state index in [1.807, 2.05) is 12.1 Å². The molecule has 5 nitrogen and oxygen atoms in total. The minimum atomic E-state index is 0.728. The van der Waals surface area contributed by atoms with Gasteiger partial charge in [-0.3, -0.25) is 4.90 Å². The molecule has 1 fully saturated rings. The number of rotatable bonds is 9. The minimum Gasteiger partial charge on any atom is -0.492 e. The van der Waals surface area contributed by atoms with Gasteiger partial charge in [0.05, 0.1) is 19.8 Å². The van der Waals surface area contributed by atoms with E-state index < -0.39 is 0 Å². The number of morpholine rings is 1. The zero-order valence-corrected chi connectivity index (χ0v) is 12.8. The molecule has 0 unspecified atom stereocenters. The summed E-state index contributed by atoms with van der Waals surface area (Å²) in [6, 6.07) is 8.27. The summed E-state index contributed by atoms with van der Waals surface area (Å²) in [7, 11) is 1.71. The van der Waals surface area contributed by atoms with Gasteiger partial charge in [0.2, 0.25) is 0 Å². The average molecular weight is 294 g/mol. The van der Waals surface area contributed by atoms with E-state index in [9.17, 15) is 0 Å². The largest absolute Gasteiger partial charge is 0.492 e. The molecule has 1 aliphatic rings. The Kier molecular flexibility index (Phi) is 7.53. The van der Waals surface area contributed by atoms with Gasteiger partial charge in [-0.2, -0.15) is 0 Å². The van der Waals surface area contributed by atoms with Gasteiger partial charge in [-0.05, 0) is 17.7 Å². The third kappa shape index (κ3) is 6.44. The molecule has 1 aliphatic heterocycles. The molecule has 0 saturated carbocycles. The maximum Gasteiger partial charge on any atom is 0.119 e. The molecular formula is C16H26N2O3. The normalized spacial score (nSPS) is 16.0. The zero-order chi connectivity index (χ0) is 14.8. The van der Waals surface area contributed by atoms with Crippen molar-refractivity contribution in [3.05, 3.63) is 29.8 Å². The highest BCUT2D eigenvalue weighted by Crippen LogP contribution is 2.12. The van der Waals surface area contributed by atoms with E-state index in [-0.39, 0.29) is 0 Å². The first-order valence-electron chi connectivity index (χ1n) is 7.60. The molecule has 118 valence electrons. The molecule has 1 aromatic rings. The molecule has 5 heteroatoms. The van der Waals surface area contributed by atoms with Crippen LogP contribution in [0.4, 0.5) is 0 Å². The predicted octanol–water partition coefficient (Wildman–Crippen LogP) is 1.13. The van der Waals surface area contributed by atoms with Crippen molar-refractivity contribution in [2.45, 2.75) is 6.54 Å². The molecule has 0 amide bonds. The van der Waals surface area contributed by atoms with E-state index in [1.54, 1.807) is 7.11 Å². The van der Waals surface area contributed by atoms with Crippen LogP contribution in [0.3, 0.4) is 0 Å². The van der Waals surface area contributed by atoms with Gasteiger partial charge in [-0.25, -0.2) is 0 Å². The Labute approximate surface area is 127 Å². The quantitative estimate of drug-likeness (QED) is 0.692. The second-order valence-electron chi connectivity index (χ2n) is 5.12. The van der Waals surface area contributed by atoms with E-state index in [4.69, 9.17) is 14.2 Å². The van der Waals surface area contributed by atoms with Gasteiger partial charge in [0.25, 0.3) is 0 Å². The lowest BCUT2D eigenvalue weighted by Crippen LogP contribution is -2.38. The third-order valence-corrected chi connectivity index (χ3v) is 3.52. The first-order chi connectivity index (χ1) is 10.4. The molecule has 1 N–H and O–H groups in total. The number of methoxy groups -OCH3 is 1. The van der Waals surface area contributed by atoms with Gasteiger partial charge in [0.1, 0.15) is 12.4 Å². The standard InChI is InChI=1S/C16H26N2O3/c1-19-10-6-17-14-15-2-4-16(5-3-15)21-13-9-18-7-11-20-12-8-18/h2-5,17H,6-14H2,1H3. The van der Waals surface area contributed by atoms with Gasteiger partial charge in [-0.15, -0.1) is 0 Å². The van der Waals surface area contributed by atoms with Crippen LogP contribution in [0.15, 0.2) is 24.3 Å².